The molecule has 8 nitrogen and oxygen atoms in total. The monoisotopic (exact) mass is 358 g/mol. The predicted octanol–water partition coefficient (Wildman–Crippen LogP) is -2.68. The Morgan fingerprint density at radius 1 is 1.15 bits per heavy atom. The topological polar surface area (TPSA) is 130 Å². The van der Waals surface area contributed by atoms with Gasteiger partial charge in [0.05, 0.1) is 19.3 Å². The van der Waals surface area contributed by atoms with Crippen LogP contribution in [0, 0.1) is 0 Å². The molecule has 0 aromatic carbocycles. The summed E-state index contributed by atoms with van der Waals surface area (Å²) in [7, 11) is 0. The van der Waals surface area contributed by atoms with Gasteiger partial charge in [-0.15, -0.1) is 0 Å². The molecule has 1 aliphatic heterocycles. The Balaban J connectivity index is 0.00000361. The van der Waals surface area contributed by atoms with Crippen molar-refractivity contribution in [2.45, 2.75) is 31.3 Å². The number of amides is 2. The first-order chi connectivity index (χ1) is 9.02. The van der Waals surface area contributed by atoms with Crippen LogP contribution in [0.1, 0.15) is 19.3 Å². The van der Waals surface area contributed by atoms with Gasteiger partial charge in [0.15, 0.2) is 5.78 Å². The largest absolute Gasteiger partial charge is 0.540 e. The number of ketones is 1. The van der Waals surface area contributed by atoms with Crippen molar-refractivity contribution >= 4 is 23.9 Å². The molecular weight excluding hydrogens is 341 g/mol. The number of nitrogens with two attached hydrogens (primary N) is 1. The number of Topliss-reactive ketones (excluding diaryl/α,β-unsaturated/α-hetero) is 1. The molecule has 2 unspecified atom stereocenters. The molecule has 0 aliphatic carbocycles. The quantitative estimate of drug-likeness (QED) is 0.378. The molecule has 0 aromatic heterocycles. The molecule has 20 heavy (non-hydrogen) atoms. The van der Waals surface area contributed by atoms with Gasteiger partial charge in [-0.25, -0.2) is 6.29 Å². The van der Waals surface area contributed by atoms with Gasteiger partial charge in [0.1, 0.15) is 0 Å². The summed E-state index contributed by atoms with van der Waals surface area (Å²) in [5.41, 5.74) is 5.62. The van der Waals surface area contributed by atoms with Gasteiger partial charge in [0.25, 0.3) is 0 Å². The van der Waals surface area contributed by atoms with Crippen LogP contribution in [0.25, 0.3) is 0 Å². The number of carbonyl (C=O) groups is 3. The van der Waals surface area contributed by atoms with Crippen LogP contribution in [0.3, 0.4) is 0 Å². The van der Waals surface area contributed by atoms with Gasteiger partial charge in [-0.05, 0) is 6.42 Å². The van der Waals surface area contributed by atoms with Crippen LogP contribution >= 0.6 is 0 Å². The van der Waals surface area contributed by atoms with Crippen molar-refractivity contribution in [3.05, 3.63) is 0 Å². The Bertz CT molecular complexity index is 377. The number of hydrogen-bond donors (Lipinski definition) is 4. The number of hydrogen-bond acceptors (Lipinski definition) is 6. The first-order valence-corrected chi connectivity index (χ1v) is 5.95. The van der Waals surface area contributed by atoms with Gasteiger partial charge >= 0.3 is 0 Å². The predicted molar refractivity (Wildman–Crippen MR) is 65.5 cm³/mol. The average molecular weight is 358 g/mol. The van der Waals surface area contributed by atoms with E-state index < -0.39 is 18.0 Å². The summed E-state index contributed by atoms with van der Waals surface area (Å²) in [6.45, 7) is -0.150. The Morgan fingerprint density at radius 3 is 2.45 bits per heavy atom. The molecule has 109 valence electrons. The third-order valence-corrected chi connectivity index (χ3v) is 2.72. The molecule has 2 atom stereocenters. The van der Waals surface area contributed by atoms with Crippen molar-refractivity contribution in [1.29, 1.82) is 0 Å². The molecule has 1 radical (unpaired) electrons. The molecule has 9 heteroatoms. The molecule has 1 aliphatic rings. The van der Waals surface area contributed by atoms with E-state index in [1.807, 2.05) is 0 Å². The van der Waals surface area contributed by atoms with E-state index in [2.05, 4.69) is 16.0 Å². The second-order valence-electron chi connectivity index (χ2n) is 4.24. The summed E-state index contributed by atoms with van der Waals surface area (Å²) in [5, 5.41) is 7.51. The maximum Gasteiger partial charge on any atom is 0.221 e. The van der Waals surface area contributed by atoms with Gasteiger partial charge in [-0.3, -0.25) is 14.4 Å². The summed E-state index contributed by atoms with van der Waals surface area (Å²) in [6.07, 6.45) is 1.81. The third-order valence-electron chi connectivity index (χ3n) is 2.72. The van der Waals surface area contributed by atoms with Crippen LogP contribution in [0.4, 0.5) is 0 Å². The van der Waals surface area contributed by atoms with Crippen molar-refractivity contribution in [3.63, 3.8) is 0 Å². The molecule has 1 fully saturated rings. The normalized spacial score (nSPS) is 25.9. The smallest absolute Gasteiger partial charge is 0.221 e. The molecule has 0 bridgehead atoms. The zero-order valence-corrected chi connectivity index (χ0v) is 13.8. The molecule has 5 N–H and O–H groups in total. The Kier molecular flexibility index (Phi) is 9.74. The van der Waals surface area contributed by atoms with Crippen molar-refractivity contribution in [1.82, 2.24) is 16.0 Å². The molecular formula is C11H17N4O4Y-. The van der Waals surface area contributed by atoms with Crippen LogP contribution in [-0.4, -0.2) is 49.2 Å². The van der Waals surface area contributed by atoms with E-state index in [-0.39, 0.29) is 76.9 Å². The van der Waals surface area contributed by atoms with Crippen molar-refractivity contribution in [2.75, 3.05) is 13.2 Å². The number of carbonyl (C=O) groups excluding carboxylic acids is 4. The molecule has 0 saturated carbocycles. The van der Waals surface area contributed by atoms with E-state index in [1.54, 1.807) is 6.29 Å². The second-order valence-corrected chi connectivity index (χ2v) is 4.24. The van der Waals surface area contributed by atoms with Gasteiger partial charge in [-0.1, -0.05) is 6.04 Å². The zero-order valence-electron chi connectivity index (χ0n) is 11.0. The minimum Gasteiger partial charge on any atom is -0.540 e. The fourth-order valence-electron chi connectivity index (χ4n) is 1.55. The first kappa shape index (κ1) is 19.3. The summed E-state index contributed by atoms with van der Waals surface area (Å²) >= 11 is 0. The standard InChI is InChI=1S/C11H17N4O4.Y/c12-8-1-2-10(18)14-6-15-11(19)3-7(5-16)13-4-9(8)17;/h7-8,13H,1-4,6,12H2,(H,14,18)(H,15,19);/q-1;. The Morgan fingerprint density at radius 2 is 1.80 bits per heavy atom. The fraction of sp³-hybridized carbons (Fsp3) is 0.636. The summed E-state index contributed by atoms with van der Waals surface area (Å²) < 4.78 is 0. The van der Waals surface area contributed by atoms with Crippen LogP contribution in [0.2, 0.25) is 0 Å². The Labute approximate surface area is 141 Å². The fourth-order valence-corrected chi connectivity index (χ4v) is 1.55. The molecule has 0 aromatic rings. The average Bonchev–Trinajstić information content (AvgIpc) is 2.40. The van der Waals surface area contributed by atoms with E-state index in [4.69, 9.17) is 5.73 Å². The third kappa shape index (κ3) is 7.18. The number of rotatable bonds is 1. The van der Waals surface area contributed by atoms with E-state index >= 15 is 0 Å². The summed E-state index contributed by atoms with van der Waals surface area (Å²) in [5.74, 6) is -1.03. The summed E-state index contributed by atoms with van der Waals surface area (Å²) in [4.78, 5) is 45.0. The van der Waals surface area contributed by atoms with E-state index in [0.717, 1.165) is 0 Å². The molecule has 2 amide bonds. The van der Waals surface area contributed by atoms with Crippen LogP contribution in [-0.2, 0) is 51.9 Å². The van der Waals surface area contributed by atoms with Crippen molar-refractivity contribution < 1.29 is 51.9 Å². The summed E-state index contributed by atoms with van der Waals surface area (Å²) in [6, 6.07) is -1.64. The van der Waals surface area contributed by atoms with E-state index in [0.29, 0.717) is 0 Å². The van der Waals surface area contributed by atoms with E-state index in [1.165, 1.54) is 0 Å². The molecule has 1 rings (SSSR count). The van der Waals surface area contributed by atoms with Crippen molar-refractivity contribution in [3.8, 4) is 0 Å². The first-order valence-electron chi connectivity index (χ1n) is 5.95. The zero-order chi connectivity index (χ0) is 14.3. The van der Waals surface area contributed by atoms with E-state index in [9.17, 15) is 19.2 Å². The Hall–Kier alpha value is -0.696. The van der Waals surface area contributed by atoms with Gasteiger partial charge in [0.2, 0.25) is 11.8 Å². The molecule has 1 heterocycles. The second kappa shape index (κ2) is 10.1. The number of nitrogens with one attached hydrogen (secondary N) is 3. The molecule has 0 spiro atoms. The van der Waals surface area contributed by atoms with Crippen LogP contribution in [0.15, 0.2) is 0 Å². The van der Waals surface area contributed by atoms with Gasteiger partial charge < -0.3 is 26.5 Å². The van der Waals surface area contributed by atoms with Gasteiger partial charge in [0, 0.05) is 45.6 Å². The minimum absolute atomic E-state index is 0. The maximum atomic E-state index is 11.6. The van der Waals surface area contributed by atoms with Crippen LogP contribution < -0.4 is 21.7 Å². The van der Waals surface area contributed by atoms with Gasteiger partial charge in [-0.2, -0.15) is 0 Å². The minimum atomic E-state index is -0.868. The molecule has 1 saturated heterocycles. The SMILES string of the molecule is NC1CCC(=O)NCNC(=O)CC([C-]=O)NCC1=O.[Y]. The van der Waals surface area contributed by atoms with Crippen LogP contribution in [0.5, 0.6) is 0 Å². The van der Waals surface area contributed by atoms with Crippen molar-refractivity contribution in [2.24, 2.45) is 5.73 Å². The maximum absolute atomic E-state index is 11.6.